The zero-order valence-electron chi connectivity index (χ0n) is 24.8. The summed E-state index contributed by atoms with van der Waals surface area (Å²) in [6.45, 7) is 5.95. The monoisotopic (exact) mass is 636 g/mol. The maximum Gasteiger partial charge on any atom is 0.381 e. The molecule has 0 bridgehead atoms. The molecule has 44 heavy (non-hydrogen) atoms. The van der Waals surface area contributed by atoms with Crippen LogP contribution in [0.1, 0.15) is 58.9 Å². The third kappa shape index (κ3) is 4.54. The van der Waals surface area contributed by atoms with Gasteiger partial charge in [-0.3, -0.25) is 9.59 Å². The fourth-order valence-electron chi connectivity index (χ4n) is 8.64. The minimum Gasteiger partial charge on any atom is -0.473 e. The Morgan fingerprint density at radius 2 is 1.75 bits per heavy atom. The lowest BCUT2D eigenvalue weighted by atomic mass is 9.44. The quantitative estimate of drug-likeness (QED) is 0.269. The van der Waals surface area contributed by atoms with Crippen LogP contribution in [0.25, 0.3) is 0 Å². The van der Waals surface area contributed by atoms with Crippen molar-refractivity contribution >= 4 is 34.1 Å². The summed E-state index contributed by atoms with van der Waals surface area (Å²) in [4.78, 5) is 49.7. The number of carbonyl (C=O) groups is 4. The van der Waals surface area contributed by atoms with Gasteiger partial charge in [0.25, 0.3) is 5.79 Å². The number of rotatable bonds is 5. The highest BCUT2D eigenvalue weighted by Gasteiger charge is 2.78. The number of aliphatic hydroxyl groups excluding tert-OH is 1. The number of esters is 1. The van der Waals surface area contributed by atoms with Crippen molar-refractivity contribution in [2.75, 3.05) is 0 Å². The van der Waals surface area contributed by atoms with Gasteiger partial charge < -0.3 is 19.7 Å². The molecule has 5 rings (SSSR count). The van der Waals surface area contributed by atoms with Crippen LogP contribution in [0.2, 0.25) is 0 Å². The number of Topliss-reactive ketones (excluding diaryl/α,β-unsaturated/α-hetero) is 1. The second kappa shape index (κ2) is 11.0. The minimum absolute atomic E-state index is 0.0325. The van der Waals surface area contributed by atoms with Gasteiger partial charge in [-0.15, -0.1) is 0 Å². The van der Waals surface area contributed by atoms with Gasteiger partial charge in [0.05, 0.1) is 28.7 Å². The van der Waals surface area contributed by atoms with E-state index in [1.165, 1.54) is 19.9 Å². The lowest BCUT2D eigenvalue weighted by Gasteiger charge is -2.63. The van der Waals surface area contributed by atoms with Gasteiger partial charge in [-0.05, 0) is 37.7 Å². The Bertz CT molecular complexity index is 1460. The normalized spacial score (nSPS) is 39.5. The molecule has 0 aromatic heterocycles. The molecule has 0 aliphatic heterocycles. The summed E-state index contributed by atoms with van der Waals surface area (Å²) in [6, 6.07) is 8.69. The molecule has 12 heteroatoms. The van der Waals surface area contributed by atoms with Gasteiger partial charge in [-0.1, -0.05) is 57.2 Å². The molecule has 0 unspecified atom stereocenters. The Balaban J connectivity index is 1.63. The van der Waals surface area contributed by atoms with Gasteiger partial charge in [0.15, 0.2) is 11.5 Å². The van der Waals surface area contributed by atoms with Gasteiger partial charge in [0, 0.05) is 35.8 Å². The number of ketones is 1. The van der Waals surface area contributed by atoms with Crippen LogP contribution in [0.4, 0.5) is 22.8 Å². The van der Waals surface area contributed by atoms with E-state index in [9.17, 15) is 24.3 Å². The number of thioether (sulfide) groups is 1. The molecule has 3 saturated carbocycles. The Morgan fingerprint density at radius 3 is 2.36 bits per heavy atom. The van der Waals surface area contributed by atoms with Crippen molar-refractivity contribution in [2.45, 2.75) is 83.5 Å². The summed E-state index contributed by atoms with van der Waals surface area (Å²) < 4.78 is 61.4. The average molecular weight is 637 g/mol. The average Bonchev–Trinajstić information content (AvgIpc) is 3.14. The van der Waals surface area contributed by atoms with Crippen LogP contribution in [-0.2, 0) is 25.5 Å². The van der Waals surface area contributed by atoms with Crippen molar-refractivity contribution < 1.29 is 52.0 Å². The summed E-state index contributed by atoms with van der Waals surface area (Å²) in [7, 11) is 0. The molecule has 4 aliphatic carbocycles. The molecule has 0 spiro atoms. The van der Waals surface area contributed by atoms with E-state index in [-0.39, 0.29) is 36.6 Å². The smallest absolute Gasteiger partial charge is 0.381 e. The number of aliphatic hydroxyl groups is 1. The van der Waals surface area contributed by atoms with Crippen molar-refractivity contribution in [3.8, 4) is 0 Å². The summed E-state index contributed by atoms with van der Waals surface area (Å²) >= 11 is -0.166. The number of halogens is 3. The number of ether oxygens (including phenoxy) is 2. The lowest BCUT2D eigenvalue weighted by molar-refractivity contribution is -0.293. The number of hydrogen-bond donors (Lipinski definition) is 2. The molecular weight excluding hydrogens is 601 g/mol. The van der Waals surface area contributed by atoms with Crippen molar-refractivity contribution in [3.05, 3.63) is 58.9 Å². The fourth-order valence-corrected chi connectivity index (χ4v) is 8.95. The van der Waals surface area contributed by atoms with Crippen LogP contribution >= 0.6 is 11.8 Å². The summed E-state index contributed by atoms with van der Waals surface area (Å²) in [6.07, 6.45) is -3.85. The van der Waals surface area contributed by atoms with Crippen LogP contribution in [0.15, 0.2) is 53.4 Å². The molecular formula is C32H35F3O8S. The topological polar surface area (TPSA) is 127 Å². The second-order valence-corrected chi connectivity index (χ2v) is 13.7. The van der Waals surface area contributed by atoms with E-state index < -0.39 is 98.9 Å². The highest BCUT2D eigenvalue weighted by atomic mass is 32.2. The molecule has 0 radical (unpaired) electrons. The van der Waals surface area contributed by atoms with Crippen LogP contribution < -0.4 is 0 Å². The van der Waals surface area contributed by atoms with E-state index in [1.54, 1.807) is 44.2 Å². The van der Waals surface area contributed by atoms with E-state index in [1.807, 2.05) is 0 Å². The maximum atomic E-state index is 18.0. The molecule has 1 aromatic carbocycles. The molecule has 0 heterocycles. The van der Waals surface area contributed by atoms with Crippen molar-refractivity contribution in [3.63, 3.8) is 0 Å². The Hall–Kier alpha value is -3.12. The minimum atomic E-state index is -2.67. The number of benzene rings is 1. The van der Waals surface area contributed by atoms with E-state index >= 15 is 13.2 Å². The Kier molecular flexibility index (Phi) is 8.10. The van der Waals surface area contributed by atoms with Crippen LogP contribution in [0.5, 0.6) is 0 Å². The lowest BCUT2D eigenvalue weighted by Crippen LogP contribution is -2.70. The first-order valence-electron chi connectivity index (χ1n) is 14.6. The number of hydrogen-bond acceptors (Lipinski definition) is 8. The van der Waals surface area contributed by atoms with Crippen molar-refractivity contribution in [2.24, 2.45) is 28.6 Å². The summed E-state index contributed by atoms with van der Waals surface area (Å²) in [5.41, 5.74) is -6.24. The highest BCUT2D eigenvalue weighted by molar-refractivity contribution is 8.25. The number of fused-ring (bicyclic) bond motifs is 5. The Morgan fingerprint density at radius 1 is 1.09 bits per heavy atom. The van der Waals surface area contributed by atoms with Crippen LogP contribution in [0, 0.1) is 28.6 Å². The first-order valence-corrected chi connectivity index (χ1v) is 15.4. The first-order chi connectivity index (χ1) is 20.6. The molecule has 1 aromatic rings. The summed E-state index contributed by atoms with van der Waals surface area (Å²) in [5, 5.41) is 18.1. The standard InChI is InChI=1S/C32H35F3O8S/c1-5-23(37)42-32(43-28(41)44-27(39)40)16(2)11-19-20-13-21(33)24-25(34)26(38)18(12-17-9-7-6-8-10-17)14-30(24,4)31(20,35)22(36)15-29(19,32)3/h6-10,14,16,19-22,36H,5,11-13,15H2,1-4H3,(H,39,40)/t16-,19+,20+,21+,22+,29+,30+,31-,32+/m1/s1. The molecule has 0 amide bonds. The number of carboxylic acid groups (broad SMARTS) is 1. The zero-order valence-corrected chi connectivity index (χ0v) is 25.6. The highest BCUT2D eigenvalue weighted by Crippen LogP contribution is 2.72. The second-order valence-electron chi connectivity index (χ2n) is 12.8. The zero-order chi connectivity index (χ0) is 32.4. The van der Waals surface area contributed by atoms with Gasteiger partial charge >= 0.3 is 16.6 Å². The Labute approximate surface area is 257 Å². The summed E-state index contributed by atoms with van der Waals surface area (Å²) in [5.74, 6) is -8.22. The molecule has 0 saturated heterocycles. The first kappa shape index (κ1) is 32.3. The molecule has 8 nitrogen and oxygen atoms in total. The van der Waals surface area contributed by atoms with Gasteiger partial charge in [-0.25, -0.2) is 22.8 Å². The van der Waals surface area contributed by atoms with Gasteiger partial charge in [0.1, 0.15) is 6.17 Å². The van der Waals surface area contributed by atoms with E-state index in [4.69, 9.17) is 14.6 Å². The van der Waals surface area contributed by atoms with Crippen molar-refractivity contribution in [1.29, 1.82) is 0 Å². The molecule has 9 atom stereocenters. The van der Waals surface area contributed by atoms with E-state index in [2.05, 4.69) is 0 Å². The predicted octanol–water partition coefficient (Wildman–Crippen LogP) is 6.66. The van der Waals surface area contributed by atoms with Gasteiger partial charge in [-0.2, -0.15) is 0 Å². The third-order valence-corrected chi connectivity index (χ3v) is 10.9. The maximum absolute atomic E-state index is 18.0. The number of carbonyl (C=O) groups excluding carboxylic acids is 3. The molecule has 3 fully saturated rings. The van der Waals surface area contributed by atoms with E-state index in [0.29, 0.717) is 5.56 Å². The van der Waals surface area contributed by atoms with Crippen LogP contribution in [-0.4, -0.2) is 56.3 Å². The molecule has 2 N–H and O–H groups in total. The third-order valence-electron chi connectivity index (χ3n) is 10.5. The van der Waals surface area contributed by atoms with Crippen molar-refractivity contribution in [1.82, 2.24) is 0 Å². The van der Waals surface area contributed by atoms with Gasteiger partial charge in [0.2, 0.25) is 5.78 Å². The largest absolute Gasteiger partial charge is 0.473 e. The molecule has 4 aliphatic rings. The van der Waals surface area contributed by atoms with E-state index in [0.717, 1.165) is 0 Å². The number of allylic oxidation sites excluding steroid dienone is 4. The number of alkyl halides is 2. The molecule has 238 valence electrons. The van der Waals surface area contributed by atoms with Crippen LogP contribution in [0.3, 0.4) is 0 Å². The predicted molar refractivity (Wildman–Crippen MR) is 154 cm³/mol. The fraction of sp³-hybridized carbons (Fsp3) is 0.562. The SMILES string of the molecule is CCC(=O)O[C@]1(OC(=O)SC(=O)O)[C@H](C)C[C@H]2[C@@H]3C[C@H](F)C4=C(F)C(=O)C(Cc5ccccc5)=C[C@]4(C)[C@]3(F)[C@@H](O)C[C@@]21C.